The number of amides is 1. The molecule has 1 atom stereocenters. The molecule has 0 radical (unpaired) electrons. The Labute approximate surface area is 112 Å². The molecule has 0 N–H and O–H groups in total. The number of carbonyl (C=O) groups is 1. The zero-order valence-electron chi connectivity index (χ0n) is 11.2. The molecule has 0 bridgehead atoms. The van der Waals surface area contributed by atoms with Crippen molar-refractivity contribution in [3.63, 3.8) is 0 Å². The van der Waals surface area contributed by atoms with Crippen LogP contribution in [-0.2, 0) is 4.74 Å². The monoisotopic (exact) mass is 262 g/mol. The van der Waals surface area contributed by atoms with E-state index in [2.05, 4.69) is 28.9 Å². The van der Waals surface area contributed by atoms with Gasteiger partial charge in [0.15, 0.2) is 5.82 Å². The Morgan fingerprint density at radius 2 is 2.16 bits per heavy atom. The quantitative estimate of drug-likeness (QED) is 0.802. The minimum absolute atomic E-state index is 0.146. The average Bonchev–Trinajstić information content (AvgIpc) is 2.80. The molecule has 6 nitrogen and oxygen atoms in total. The van der Waals surface area contributed by atoms with Gasteiger partial charge in [-0.15, -0.1) is 5.10 Å². The van der Waals surface area contributed by atoms with Crippen LogP contribution in [0.25, 0.3) is 0 Å². The van der Waals surface area contributed by atoms with Crippen LogP contribution in [0.5, 0.6) is 0 Å². The number of ether oxygens (including phenoxy) is 1. The lowest BCUT2D eigenvalue weighted by molar-refractivity contribution is 0.157. The molecule has 0 saturated carbocycles. The summed E-state index contributed by atoms with van der Waals surface area (Å²) in [6.07, 6.45) is -0.189. The summed E-state index contributed by atoms with van der Waals surface area (Å²) in [5.74, 6) is 1.27. The zero-order chi connectivity index (χ0) is 13.4. The highest BCUT2D eigenvalue weighted by atomic mass is 16.6. The number of anilines is 1. The molecular formula is C13H18N4O2. The van der Waals surface area contributed by atoms with E-state index in [0.717, 1.165) is 24.6 Å². The van der Waals surface area contributed by atoms with Crippen LogP contribution in [0.1, 0.15) is 25.5 Å². The number of cyclic esters (lactones) is 1. The highest BCUT2D eigenvalue weighted by Gasteiger charge is 2.37. The standard InChI is InChI=1S/C13H18N4O2/c1-9(2)11-3-4-12(15-14-11)16-5-6-17-10(7-16)8-19-13(17)18/h3-4,9-10H,5-8H2,1-2H3. The minimum Gasteiger partial charge on any atom is -0.447 e. The molecule has 2 saturated heterocycles. The van der Waals surface area contributed by atoms with Gasteiger partial charge in [-0.25, -0.2) is 4.79 Å². The van der Waals surface area contributed by atoms with Crippen molar-refractivity contribution in [2.45, 2.75) is 25.8 Å². The third-order valence-electron chi connectivity index (χ3n) is 3.70. The maximum atomic E-state index is 11.4. The number of hydrogen-bond donors (Lipinski definition) is 0. The Bertz CT molecular complexity index is 474. The second-order valence-corrected chi connectivity index (χ2v) is 5.34. The molecule has 19 heavy (non-hydrogen) atoms. The normalized spacial score (nSPS) is 22.7. The van der Waals surface area contributed by atoms with Crippen LogP contribution in [0.4, 0.5) is 10.6 Å². The van der Waals surface area contributed by atoms with Gasteiger partial charge in [-0.1, -0.05) is 13.8 Å². The number of nitrogens with zero attached hydrogens (tertiary/aromatic N) is 4. The van der Waals surface area contributed by atoms with E-state index in [0.29, 0.717) is 19.1 Å². The number of carbonyl (C=O) groups excluding carboxylic acids is 1. The Kier molecular flexibility index (Phi) is 3.00. The van der Waals surface area contributed by atoms with Crippen molar-refractivity contribution >= 4 is 11.9 Å². The molecular weight excluding hydrogens is 244 g/mol. The number of piperazine rings is 1. The van der Waals surface area contributed by atoms with Gasteiger partial charge < -0.3 is 9.64 Å². The summed E-state index contributed by atoms with van der Waals surface area (Å²) in [4.78, 5) is 15.4. The first kappa shape index (κ1) is 12.2. The SMILES string of the molecule is CC(C)c1ccc(N2CCN3C(=O)OCC3C2)nn1. The van der Waals surface area contributed by atoms with Gasteiger partial charge in [0, 0.05) is 19.6 Å². The third-order valence-corrected chi connectivity index (χ3v) is 3.70. The predicted octanol–water partition coefficient (Wildman–Crippen LogP) is 1.24. The molecule has 3 heterocycles. The largest absolute Gasteiger partial charge is 0.447 e. The molecule has 3 rings (SSSR count). The van der Waals surface area contributed by atoms with E-state index in [4.69, 9.17) is 4.74 Å². The highest BCUT2D eigenvalue weighted by molar-refractivity contribution is 5.70. The summed E-state index contributed by atoms with van der Waals surface area (Å²) in [6.45, 7) is 6.92. The molecule has 0 spiro atoms. The highest BCUT2D eigenvalue weighted by Crippen LogP contribution is 2.22. The topological polar surface area (TPSA) is 58.6 Å². The lowest BCUT2D eigenvalue weighted by Gasteiger charge is -2.35. The van der Waals surface area contributed by atoms with Gasteiger partial charge in [0.25, 0.3) is 0 Å². The molecule has 2 aliphatic rings. The first-order chi connectivity index (χ1) is 9.15. The molecule has 1 aromatic heterocycles. The molecule has 0 aromatic carbocycles. The molecule has 1 unspecified atom stereocenters. The summed E-state index contributed by atoms with van der Waals surface area (Å²) >= 11 is 0. The Balaban J connectivity index is 1.71. The number of fused-ring (bicyclic) bond motifs is 1. The van der Waals surface area contributed by atoms with Gasteiger partial charge in [0.1, 0.15) is 6.61 Å². The third kappa shape index (κ3) is 2.22. The second kappa shape index (κ2) is 4.68. The van der Waals surface area contributed by atoms with E-state index in [-0.39, 0.29) is 12.1 Å². The predicted molar refractivity (Wildman–Crippen MR) is 70.2 cm³/mol. The van der Waals surface area contributed by atoms with Crippen LogP contribution in [0.2, 0.25) is 0 Å². The fraction of sp³-hybridized carbons (Fsp3) is 0.615. The van der Waals surface area contributed by atoms with E-state index in [1.54, 1.807) is 4.90 Å². The first-order valence-corrected chi connectivity index (χ1v) is 6.67. The molecule has 6 heteroatoms. The fourth-order valence-electron chi connectivity index (χ4n) is 2.51. The maximum Gasteiger partial charge on any atom is 0.410 e. The first-order valence-electron chi connectivity index (χ1n) is 6.67. The van der Waals surface area contributed by atoms with E-state index in [1.165, 1.54) is 0 Å². The van der Waals surface area contributed by atoms with Crippen LogP contribution in [-0.4, -0.2) is 53.5 Å². The van der Waals surface area contributed by atoms with Crippen molar-refractivity contribution in [3.8, 4) is 0 Å². The Hall–Kier alpha value is -1.85. The van der Waals surface area contributed by atoms with Crippen molar-refractivity contribution < 1.29 is 9.53 Å². The number of aromatic nitrogens is 2. The number of rotatable bonds is 2. The van der Waals surface area contributed by atoms with Crippen molar-refractivity contribution in [1.29, 1.82) is 0 Å². The van der Waals surface area contributed by atoms with E-state index in [1.807, 2.05) is 12.1 Å². The van der Waals surface area contributed by atoms with Crippen LogP contribution >= 0.6 is 0 Å². The van der Waals surface area contributed by atoms with E-state index >= 15 is 0 Å². The maximum absolute atomic E-state index is 11.4. The summed E-state index contributed by atoms with van der Waals surface area (Å²) in [5, 5.41) is 8.54. The van der Waals surface area contributed by atoms with Crippen molar-refractivity contribution in [1.82, 2.24) is 15.1 Å². The van der Waals surface area contributed by atoms with Crippen LogP contribution in [0.15, 0.2) is 12.1 Å². The van der Waals surface area contributed by atoms with Crippen LogP contribution < -0.4 is 4.90 Å². The van der Waals surface area contributed by atoms with Gasteiger partial charge in [0.05, 0.1) is 11.7 Å². The second-order valence-electron chi connectivity index (χ2n) is 5.34. The minimum atomic E-state index is -0.189. The Morgan fingerprint density at radius 3 is 2.84 bits per heavy atom. The fourth-order valence-corrected chi connectivity index (χ4v) is 2.51. The van der Waals surface area contributed by atoms with Crippen molar-refractivity contribution in [3.05, 3.63) is 17.8 Å². The van der Waals surface area contributed by atoms with Gasteiger partial charge >= 0.3 is 6.09 Å². The summed E-state index contributed by atoms with van der Waals surface area (Å²) < 4.78 is 5.06. The van der Waals surface area contributed by atoms with Gasteiger partial charge in [0.2, 0.25) is 0 Å². The molecule has 102 valence electrons. The van der Waals surface area contributed by atoms with E-state index < -0.39 is 0 Å². The van der Waals surface area contributed by atoms with Crippen molar-refractivity contribution in [2.24, 2.45) is 0 Å². The molecule has 2 fully saturated rings. The average molecular weight is 262 g/mol. The molecule has 0 aliphatic carbocycles. The zero-order valence-corrected chi connectivity index (χ0v) is 11.2. The Morgan fingerprint density at radius 1 is 1.32 bits per heavy atom. The smallest absolute Gasteiger partial charge is 0.410 e. The van der Waals surface area contributed by atoms with Crippen molar-refractivity contribution in [2.75, 3.05) is 31.1 Å². The molecule has 1 amide bonds. The van der Waals surface area contributed by atoms with Gasteiger partial charge in [-0.05, 0) is 18.1 Å². The lowest BCUT2D eigenvalue weighted by atomic mass is 10.1. The lowest BCUT2D eigenvalue weighted by Crippen LogP contribution is -2.52. The van der Waals surface area contributed by atoms with Crippen LogP contribution in [0.3, 0.4) is 0 Å². The van der Waals surface area contributed by atoms with Gasteiger partial charge in [-0.2, -0.15) is 5.10 Å². The van der Waals surface area contributed by atoms with E-state index in [9.17, 15) is 4.79 Å². The molecule has 2 aliphatic heterocycles. The summed E-state index contributed by atoms with van der Waals surface area (Å²) in [6, 6.07) is 4.18. The number of hydrogen-bond acceptors (Lipinski definition) is 5. The van der Waals surface area contributed by atoms with Gasteiger partial charge in [-0.3, -0.25) is 4.90 Å². The molecule has 1 aromatic rings. The summed E-state index contributed by atoms with van der Waals surface area (Å²) in [7, 11) is 0. The van der Waals surface area contributed by atoms with Crippen LogP contribution in [0, 0.1) is 0 Å². The summed E-state index contributed by atoms with van der Waals surface area (Å²) in [5.41, 5.74) is 1.00.